The first-order valence-corrected chi connectivity index (χ1v) is 7.31. The highest BCUT2D eigenvalue weighted by molar-refractivity contribution is 7.84. The van der Waals surface area contributed by atoms with E-state index >= 15 is 0 Å². The lowest BCUT2D eigenvalue weighted by atomic mass is 10.2. The summed E-state index contributed by atoms with van der Waals surface area (Å²) in [4.78, 5) is 0.720. The molecule has 0 aliphatic carbocycles. The number of halogens is 2. The van der Waals surface area contributed by atoms with Crippen molar-refractivity contribution in [2.75, 3.05) is 5.73 Å². The van der Waals surface area contributed by atoms with Crippen molar-refractivity contribution in [3.05, 3.63) is 58.1 Å². The molecular formula is C13H11Cl2NOS. The smallest absolute Gasteiger partial charge is 0.0574 e. The second-order valence-corrected chi connectivity index (χ2v) is 6.09. The average molecular weight is 300 g/mol. The van der Waals surface area contributed by atoms with Gasteiger partial charge in [-0.15, -0.1) is 0 Å². The summed E-state index contributed by atoms with van der Waals surface area (Å²) in [5.74, 6) is 0.339. The summed E-state index contributed by atoms with van der Waals surface area (Å²) in [6, 6.07) is 12.1. The molecule has 2 aromatic carbocycles. The van der Waals surface area contributed by atoms with E-state index < -0.39 is 10.8 Å². The van der Waals surface area contributed by atoms with Crippen LogP contribution in [0.4, 0.5) is 5.69 Å². The van der Waals surface area contributed by atoms with E-state index in [1.807, 2.05) is 0 Å². The van der Waals surface area contributed by atoms with E-state index in [9.17, 15) is 4.21 Å². The highest BCUT2D eigenvalue weighted by Gasteiger charge is 2.08. The monoisotopic (exact) mass is 299 g/mol. The molecule has 1 atom stereocenters. The third-order valence-electron chi connectivity index (χ3n) is 2.43. The van der Waals surface area contributed by atoms with Crippen LogP contribution in [-0.2, 0) is 16.6 Å². The lowest BCUT2D eigenvalue weighted by molar-refractivity contribution is 0.682. The molecule has 0 radical (unpaired) electrons. The molecule has 0 aliphatic rings. The summed E-state index contributed by atoms with van der Waals surface area (Å²) in [5, 5.41) is 1.20. The van der Waals surface area contributed by atoms with Gasteiger partial charge in [0.1, 0.15) is 0 Å². The van der Waals surface area contributed by atoms with Crippen molar-refractivity contribution in [3.63, 3.8) is 0 Å². The fourth-order valence-electron chi connectivity index (χ4n) is 1.52. The normalized spacial score (nSPS) is 12.3. The average Bonchev–Trinajstić information content (AvgIpc) is 2.34. The quantitative estimate of drug-likeness (QED) is 0.874. The number of hydrogen-bond donors (Lipinski definition) is 1. The number of nitrogen functional groups attached to an aromatic ring is 1. The molecule has 0 spiro atoms. The maximum Gasteiger partial charge on any atom is 0.0574 e. The molecule has 94 valence electrons. The zero-order chi connectivity index (χ0) is 13.1. The van der Waals surface area contributed by atoms with E-state index in [0.29, 0.717) is 21.5 Å². The maximum absolute atomic E-state index is 12.2. The van der Waals surface area contributed by atoms with E-state index in [2.05, 4.69) is 0 Å². The Labute approximate surface area is 118 Å². The molecule has 0 amide bonds. The standard InChI is InChI=1S/C13H11Cl2NOS/c14-10-1-4-12(5-2-10)18(17)8-9-7-11(16)3-6-13(9)15/h1-7H,8,16H2. The van der Waals surface area contributed by atoms with Gasteiger partial charge in [-0.25, -0.2) is 0 Å². The molecule has 0 heterocycles. The molecule has 0 aromatic heterocycles. The number of nitrogens with two attached hydrogens (primary N) is 1. The first-order chi connectivity index (χ1) is 8.56. The number of hydrogen-bond acceptors (Lipinski definition) is 2. The Morgan fingerprint density at radius 1 is 1.06 bits per heavy atom. The van der Waals surface area contributed by atoms with Crippen molar-refractivity contribution in [2.24, 2.45) is 0 Å². The van der Waals surface area contributed by atoms with Crippen LogP contribution in [0.2, 0.25) is 10.0 Å². The van der Waals surface area contributed by atoms with Crippen LogP contribution in [-0.4, -0.2) is 4.21 Å². The van der Waals surface area contributed by atoms with E-state index in [1.54, 1.807) is 42.5 Å². The highest BCUT2D eigenvalue weighted by atomic mass is 35.5. The van der Waals surface area contributed by atoms with Crippen molar-refractivity contribution in [3.8, 4) is 0 Å². The predicted octanol–water partition coefficient (Wildman–Crippen LogP) is 3.88. The fraction of sp³-hybridized carbons (Fsp3) is 0.0769. The minimum Gasteiger partial charge on any atom is -0.399 e. The summed E-state index contributed by atoms with van der Waals surface area (Å²) in [6.45, 7) is 0. The summed E-state index contributed by atoms with van der Waals surface area (Å²) >= 11 is 11.8. The van der Waals surface area contributed by atoms with Crippen LogP contribution in [0, 0.1) is 0 Å². The van der Waals surface area contributed by atoms with E-state index in [1.165, 1.54) is 0 Å². The van der Waals surface area contributed by atoms with Gasteiger partial charge >= 0.3 is 0 Å². The lowest BCUT2D eigenvalue weighted by Crippen LogP contribution is -1.98. The predicted molar refractivity (Wildman–Crippen MR) is 77.4 cm³/mol. The molecule has 0 saturated carbocycles. The molecule has 5 heteroatoms. The summed E-state index contributed by atoms with van der Waals surface area (Å²) in [7, 11) is -1.16. The summed E-state index contributed by atoms with van der Waals surface area (Å²) < 4.78 is 12.2. The zero-order valence-corrected chi connectivity index (χ0v) is 11.7. The second-order valence-electron chi connectivity index (χ2n) is 3.79. The van der Waals surface area contributed by atoms with Gasteiger partial charge in [0.15, 0.2) is 0 Å². The number of rotatable bonds is 3. The SMILES string of the molecule is Nc1ccc(Cl)c(CS(=O)c2ccc(Cl)cc2)c1. The van der Waals surface area contributed by atoms with Gasteiger partial charge in [-0.3, -0.25) is 4.21 Å². The Hall–Kier alpha value is -1.03. The first kappa shape index (κ1) is 13.4. The van der Waals surface area contributed by atoms with Crippen molar-refractivity contribution in [1.29, 1.82) is 0 Å². The summed E-state index contributed by atoms with van der Waals surface area (Å²) in [6.07, 6.45) is 0. The van der Waals surface area contributed by atoms with E-state index in [4.69, 9.17) is 28.9 Å². The molecule has 2 N–H and O–H groups in total. The molecule has 0 fully saturated rings. The van der Waals surface area contributed by atoms with E-state index in [-0.39, 0.29) is 0 Å². The molecule has 18 heavy (non-hydrogen) atoms. The van der Waals surface area contributed by atoms with Gasteiger partial charge in [0.2, 0.25) is 0 Å². The highest BCUT2D eigenvalue weighted by Crippen LogP contribution is 2.23. The zero-order valence-electron chi connectivity index (χ0n) is 9.40. The number of benzene rings is 2. The van der Waals surface area contributed by atoms with Gasteiger partial charge in [-0.05, 0) is 48.0 Å². The Balaban J connectivity index is 2.21. The van der Waals surface area contributed by atoms with Crippen molar-refractivity contribution in [2.45, 2.75) is 10.6 Å². The Bertz CT molecular complexity index is 584. The van der Waals surface area contributed by atoms with Crippen molar-refractivity contribution < 1.29 is 4.21 Å². The van der Waals surface area contributed by atoms with Crippen molar-refractivity contribution in [1.82, 2.24) is 0 Å². The molecule has 0 saturated heterocycles. The number of anilines is 1. The largest absolute Gasteiger partial charge is 0.399 e. The Kier molecular flexibility index (Phi) is 4.27. The Morgan fingerprint density at radius 2 is 1.72 bits per heavy atom. The van der Waals surface area contributed by atoms with Gasteiger partial charge < -0.3 is 5.73 Å². The van der Waals surface area contributed by atoms with Crippen LogP contribution in [0.3, 0.4) is 0 Å². The minimum atomic E-state index is -1.16. The molecule has 2 nitrogen and oxygen atoms in total. The van der Waals surface area contributed by atoms with Gasteiger partial charge in [-0.1, -0.05) is 23.2 Å². The fourth-order valence-corrected chi connectivity index (χ4v) is 3.03. The van der Waals surface area contributed by atoms with Crippen LogP contribution in [0.5, 0.6) is 0 Å². The maximum atomic E-state index is 12.2. The molecule has 2 aromatic rings. The van der Waals surface area contributed by atoms with Gasteiger partial charge in [0, 0.05) is 20.6 Å². The minimum absolute atomic E-state index is 0.339. The van der Waals surface area contributed by atoms with Gasteiger partial charge in [0.25, 0.3) is 0 Å². The second kappa shape index (κ2) is 5.74. The van der Waals surface area contributed by atoms with E-state index in [0.717, 1.165) is 10.5 Å². The lowest BCUT2D eigenvalue weighted by Gasteiger charge is -2.06. The molecule has 0 bridgehead atoms. The van der Waals surface area contributed by atoms with Crippen molar-refractivity contribution >= 4 is 39.7 Å². The third kappa shape index (κ3) is 3.25. The van der Waals surface area contributed by atoms with Crippen LogP contribution < -0.4 is 5.73 Å². The van der Waals surface area contributed by atoms with Crippen LogP contribution >= 0.6 is 23.2 Å². The molecule has 0 aliphatic heterocycles. The Morgan fingerprint density at radius 3 is 2.39 bits per heavy atom. The molecular weight excluding hydrogens is 289 g/mol. The van der Waals surface area contributed by atoms with Crippen LogP contribution in [0.15, 0.2) is 47.4 Å². The third-order valence-corrected chi connectivity index (χ3v) is 4.42. The van der Waals surface area contributed by atoms with Crippen LogP contribution in [0.1, 0.15) is 5.56 Å². The summed E-state index contributed by atoms with van der Waals surface area (Å²) in [5.41, 5.74) is 7.08. The molecule has 1 unspecified atom stereocenters. The molecule has 2 rings (SSSR count). The first-order valence-electron chi connectivity index (χ1n) is 5.24. The topological polar surface area (TPSA) is 43.1 Å². The van der Waals surface area contributed by atoms with Crippen LogP contribution in [0.25, 0.3) is 0 Å². The van der Waals surface area contributed by atoms with Gasteiger partial charge in [-0.2, -0.15) is 0 Å². The van der Waals surface area contributed by atoms with Gasteiger partial charge in [0.05, 0.1) is 16.6 Å².